The number of carbonyl (C=O) groups is 2. The Hall–Kier alpha value is -1.53. The molecule has 3 fully saturated rings. The maximum atomic E-state index is 14.8. The second-order valence-corrected chi connectivity index (χ2v) is 9.25. The second kappa shape index (κ2) is 8.68. The van der Waals surface area contributed by atoms with Crippen LogP contribution in [-0.4, -0.2) is 16.9 Å². The zero-order valence-electron chi connectivity index (χ0n) is 16.4. The van der Waals surface area contributed by atoms with Crippen LogP contribution in [0.1, 0.15) is 69.9 Å². The third kappa shape index (κ3) is 4.80. The minimum atomic E-state index is -0.766. The standard InChI is InChI=1S/C19H22Cl2FNO2.C2H5NO/c20-12-9-13(24)16(22)14(15(12)21)17(19(7-8-19)11-5-6-11)23-18(25)10-3-1-2-4-10;1-2(3)4/h9-11,17,24H,1-8H2,(H,23,25);1H3,(H2,3,4). The van der Waals surface area contributed by atoms with E-state index >= 15 is 0 Å². The zero-order valence-corrected chi connectivity index (χ0v) is 18.0. The fraction of sp³-hybridized carbons (Fsp3) is 0.619. The number of carbonyl (C=O) groups excluding carboxylic acids is 2. The molecule has 0 bridgehead atoms. The smallest absolute Gasteiger partial charge is 0.223 e. The first-order valence-corrected chi connectivity index (χ1v) is 10.9. The van der Waals surface area contributed by atoms with Gasteiger partial charge in [0.1, 0.15) is 0 Å². The summed E-state index contributed by atoms with van der Waals surface area (Å²) in [7, 11) is 0. The molecule has 160 valence electrons. The number of rotatable bonds is 5. The highest BCUT2D eigenvalue weighted by Gasteiger charge is 2.60. The number of hydrogen-bond acceptors (Lipinski definition) is 3. The van der Waals surface area contributed by atoms with Crippen LogP contribution < -0.4 is 11.1 Å². The number of aromatic hydroxyl groups is 1. The first-order valence-electron chi connectivity index (χ1n) is 10.1. The van der Waals surface area contributed by atoms with Crippen molar-refractivity contribution in [2.75, 3.05) is 0 Å². The molecule has 29 heavy (non-hydrogen) atoms. The highest BCUT2D eigenvalue weighted by atomic mass is 35.5. The predicted molar refractivity (Wildman–Crippen MR) is 110 cm³/mol. The molecule has 0 radical (unpaired) electrons. The van der Waals surface area contributed by atoms with Crippen molar-refractivity contribution in [2.24, 2.45) is 23.0 Å². The van der Waals surface area contributed by atoms with Crippen molar-refractivity contribution in [1.82, 2.24) is 5.32 Å². The summed E-state index contributed by atoms with van der Waals surface area (Å²) >= 11 is 12.4. The normalized spacial score (nSPS) is 21.1. The van der Waals surface area contributed by atoms with E-state index in [1.165, 1.54) is 6.92 Å². The highest BCUT2D eigenvalue weighted by molar-refractivity contribution is 6.42. The molecule has 0 aromatic heterocycles. The van der Waals surface area contributed by atoms with E-state index in [4.69, 9.17) is 23.2 Å². The van der Waals surface area contributed by atoms with Gasteiger partial charge in [0.15, 0.2) is 11.6 Å². The second-order valence-electron chi connectivity index (χ2n) is 8.46. The van der Waals surface area contributed by atoms with Crippen molar-refractivity contribution in [3.8, 4) is 5.75 Å². The molecular weight excluding hydrogens is 418 g/mol. The fourth-order valence-corrected chi connectivity index (χ4v) is 5.00. The molecule has 3 saturated carbocycles. The third-order valence-corrected chi connectivity index (χ3v) is 7.07. The molecule has 5 nitrogen and oxygen atoms in total. The lowest BCUT2D eigenvalue weighted by Gasteiger charge is -2.31. The number of hydrogen-bond donors (Lipinski definition) is 3. The van der Waals surface area contributed by atoms with Gasteiger partial charge < -0.3 is 16.2 Å². The van der Waals surface area contributed by atoms with Crippen LogP contribution in [0.5, 0.6) is 5.75 Å². The van der Waals surface area contributed by atoms with Gasteiger partial charge in [-0.15, -0.1) is 0 Å². The fourth-order valence-electron chi connectivity index (χ4n) is 4.55. The summed E-state index contributed by atoms with van der Waals surface area (Å²) in [6.45, 7) is 1.31. The molecule has 0 aliphatic heterocycles. The summed E-state index contributed by atoms with van der Waals surface area (Å²) in [6.07, 6.45) is 7.96. The lowest BCUT2D eigenvalue weighted by Crippen LogP contribution is -2.39. The van der Waals surface area contributed by atoms with Gasteiger partial charge >= 0.3 is 0 Å². The topological polar surface area (TPSA) is 92.4 Å². The van der Waals surface area contributed by atoms with Crippen molar-refractivity contribution < 1.29 is 19.1 Å². The van der Waals surface area contributed by atoms with Crippen molar-refractivity contribution >= 4 is 35.0 Å². The van der Waals surface area contributed by atoms with Crippen LogP contribution in [0.2, 0.25) is 10.0 Å². The van der Waals surface area contributed by atoms with E-state index in [9.17, 15) is 19.1 Å². The molecule has 8 heteroatoms. The van der Waals surface area contributed by atoms with E-state index in [1.54, 1.807) is 0 Å². The lowest BCUT2D eigenvalue weighted by atomic mass is 9.84. The molecule has 2 amide bonds. The average Bonchev–Trinajstić information content (AvgIpc) is 3.56. The summed E-state index contributed by atoms with van der Waals surface area (Å²) < 4.78 is 14.8. The Labute approximate surface area is 180 Å². The van der Waals surface area contributed by atoms with Crippen LogP contribution in [0.15, 0.2) is 6.07 Å². The Morgan fingerprint density at radius 3 is 2.28 bits per heavy atom. The number of phenolic OH excluding ortho intramolecular Hbond substituents is 1. The Balaban J connectivity index is 0.000000552. The Kier molecular flexibility index (Phi) is 6.64. The monoisotopic (exact) mass is 444 g/mol. The van der Waals surface area contributed by atoms with Crippen molar-refractivity contribution in [1.29, 1.82) is 0 Å². The molecule has 1 unspecified atom stereocenters. The molecule has 4 rings (SSSR count). The minimum absolute atomic E-state index is 0.00730. The number of primary amides is 1. The van der Waals surface area contributed by atoms with Gasteiger partial charge in [-0.2, -0.15) is 0 Å². The summed E-state index contributed by atoms with van der Waals surface area (Å²) in [5.41, 5.74) is 4.48. The van der Waals surface area contributed by atoms with Gasteiger partial charge in [0.2, 0.25) is 11.8 Å². The summed E-state index contributed by atoms with van der Waals surface area (Å²) in [6, 6.07) is 0.597. The average molecular weight is 445 g/mol. The van der Waals surface area contributed by atoms with Crippen molar-refractivity contribution in [3.05, 3.63) is 27.5 Å². The molecule has 1 atom stereocenters. The lowest BCUT2D eigenvalue weighted by molar-refractivity contribution is -0.126. The first-order chi connectivity index (χ1) is 13.7. The van der Waals surface area contributed by atoms with E-state index in [0.717, 1.165) is 57.4 Å². The molecule has 3 aliphatic rings. The largest absolute Gasteiger partial charge is 0.505 e. The number of benzene rings is 1. The highest BCUT2D eigenvalue weighted by Crippen LogP contribution is 2.68. The molecule has 1 aromatic carbocycles. The van der Waals surface area contributed by atoms with Crippen LogP contribution >= 0.6 is 23.2 Å². The van der Waals surface area contributed by atoms with E-state index in [1.807, 2.05) is 0 Å². The maximum Gasteiger partial charge on any atom is 0.223 e. The van der Waals surface area contributed by atoms with Crippen LogP contribution in [-0.2, 0) is 9.59 Å². The number of amides is 2. The molecule has 3 aliphatic carbocycles. The Bertz CT molecular complexity index is 773. The van der Waals surface area contributed by atoms with Gasteiger partial charge in [-0.05, 0) is 49.9 Å². The summed E-state index contributed by atoms with van der Waals surface area (Å²) in [4.78, 5) is 22.0. The molecule has 0 heterocycles. The van der Waals surface area contributed by atoms with Crippen LogP contribution in [0.25, 0.3) is 0 Å². The van der Waals surface area contributed by atoms with Gasteiger partial charge in [-0.3, -0.25) is 9.59 Å². The maximum absolute atomic E-state index is 14.8. The third-order valence-electron chi connectivity index (χ3n) is 6.26. The van der Waals surface area contributed by atoms with Gasteiger partial charge in [-0.25, -0.2) is 4.39 Å². The Morgan fingerprint density at radius 1 is 1.24 bits per heavy atom. The Morgan fingerprint density at radius 2 is 1.79 bits per heavy atom. The summed E-state index contributed by atoms with van der Waals surface area (Å²) in [5.74, 6) is -1.16. The van der Waals surface area contributed by atoms with E-state index < -0.39 is 17.6 Å². The molecule has 0 saturated heterocycles. The zero-order chi connectivity index (χ0) is 21.3. The molecule has 4 N–H and O–H groups in total. The van der Waals surface area contributed by atoms with Crippen LogP contribution in [0.3, 0.4) is 0 Å². The van der Waals surface area contributed by atoms with Crippen LogP contribution in [0, 0.1) is 23.1 Å². The number of halogens is 3. The van der Waals surface area contributed by atoms with Gasteiger partial charge in [-0.1, -0.05) is 36.0 Å². The van der Waals surface area contributed by atoms with E-state index in [2.05, 4.69) is 11.1 Å². The van der Waals surface area contributed by atoms with Crippen LogP contribution in [0.4, 0.5) is 4.39 Å². The van der Waals surface area contributed by atoms with E-state index in [-0.39, 0.29) is 38.8 Å². The summed E-state index contributed by atoms with van der Waals surface area (Å²) in [5, 5.41) is 13.2. The SMILES string of the molecule is CC(N)=O.O=C(NC(c1c(F)c(O)cc(Cl)c1Cl)C1(C2CC2)CC1)C1CCCC1. The van der Waals surface area contributed by atoms with Gasteiger partial charge in [0.05, 0.1) is 16.1 Å². The van der Waals surface area contributed by atoms with Crippen molar-refractivity contribution in [3.63, 3.8) is 0 Å². The number of nitrogens with two attached hydrogens (primary N) is 1. The van der Waals surface area contributed by atoms with E-state index in [0.29, 0.717) is 5.92 Å². The molecule has 1 aromatic rings. The predicted octanol–water partition coefficient (Wildman–Crippen LogP) is 4.87. The number of phenols is 1. The minimum Gasteiger partial charge on any atom is -0.505 e. The number of nitrogens with one attached hydrogen (secondary N) is 1. The first kappa shape index (κ1) is 22.2. The van der Waals surface area contributed by atoms with Gasteiger partial charge in [0, 0.05) is 24.5 Å². The van der Waals surface area contributed by atoms with Gasteiger partial charge in [0.25, 0.3) is 0 Å². The van der Waals surface area contributed by atoms with Crippen molar-refractivity contribution in [2.45, 2.75) is 64.3 Å². The molecule has 0 spiro atoms. The quantitative estimate of drug-likeness (QED) is 0.565. The molecular formula is C21H27Cl2FN2O3.